The van der Waals surface area contributed by atoms with Gasteiger partial charge in [0.1, 0.15) is 5.75 Å². The number of benzene rings is 1. The van der Waals surface area contributed by atoms with Crippen LogP contribution in [0.3, 0.4) is 0 Å². The Labute approximate surface area is 76.7 Å². The van der Waals surface area contributed by atoms with Gasteiger partial charge in [-0.2, -0.15) is 0 Å². The van der Waals surface area contributed by atoms with Crippen molar-refractivity contribution >= 4 is 6.03 Å². The average molecular weight is 179 g/mol. The topological polar surface area (TPSA) is 62.1 Å². The molecule has 4 heteroatoms. The van der Waals surface area contributed by atoms with E-state index in [1.165, 1.54) is 0 Å². The molecule has 69 valence electrons. The molecule has 1 aromatic rings. The Hall–Kier alpha value is -1.71. The molecule has 0 saturated heterocycles. The molecule has 0 heterocycles. The van der Waals surface area contributed by atoms with E-state index in [2.05, 4.69) is 5.32 Å². The van der Waals surface area contributed by atoms with Crippen LogP contribution < -0.4 is 15.8 Å². The molecule has 13 heavy (non-hydrogen) atoms. The molecule has 0 aliphatic rings. The Kier molecular flexibility index (Phi) is 3.14. The lowest BCUT2D eigenvalue weighted by atomic mass is 10.3. The molecule has 0 aromatic heterocycles. The second-order valence-electron chi connectivity index (χ2n) is 2.55. The van der Waals surface area contributed by atoms with E-state index < -0.39 is 12.3 Å². The maximum atomic E-state index is 10.3. The van der Waals surface area contributed by atoms with Crippen molar-refractivity contribution < 1.29 is 9.53 Å². The van der Waals surface area contributed by atoms with Crippen LogP contribution in [0.5, 0.6) is 5.75 Å². The highest BCUT2D eigenvalue weighted by molar-refractivity contribution is 5.70. The number of urea groups is 1. The van der Waals surface area contributed by atoms with Crippen molar-refractivity contribution in [2.45, 2.75) is 13.2 Å². The minimum atomic E-state index is -0.844. The van der Waals surface area contributed by atoms with Crippen LogP contribution >= 0.6 is 0 Å². The third kappa shape index (κ3) is 3.46. The summed E-state index contributed by atoms with van der Waals surface area (Å²) in [7, 11) is 0. The first kappa shape index (κ1) is 9.38. The Morgan fingerprint density at radius 3 is 2.62 bits per heavy atom. The zero-order valence-corrected chi connectivity index (χ0v) is 7.28. The van der Waals surface area contributed by atoms with E-state index >= 15 is 0 Å². The second kappa shape index (κ2) is 4.35. The second-order valence-corrected chi connectivity index (χ2v) is 2.55. The van der Waals surface area contributed by atoms with Crippen molar-refractivity contribution in [3.8, 4) is 5.75 Å². The molecule has 1 rings (SSSR count). The molecule has 0 saturated carbocycles. The highest BCUT2D eigenvalue weighted by atomic mass is 16.5. The first-order valence-corrected chi connectivity index (χ1v) is 3.92. The minimum absolute atomic E-state index is 0.479. The fourth-order valence-electron chi connectivity index (χ4n) is 0.917. The summed E-state index contributed by atoms with van der Waals surface area (Å²) in [5, 5.41) is 2.30. The van der Waals surface area contributed by atoms with E-state index in [1.54, 1.807) is 19.1 Å². The van der Waals surface area contributed by atoms with E-state index in [0.29, 0.717) is 5.75 Å². The molecule has 1 atom stereocenters. The van der Waals surface area contributed by atoms with E-state index in [0.717, 1.165) is 0 Å². The summed E-state index contributed by atoms with van der Waals surface area (Å²) in [5.74, 6) is 0.670. The molecule has 1 aromatic carbocycles. The normalized spacial score (nSPS) is 11.8. The van der Waals surface area contributed by atoms with Crippen LogP contribution in [0.1, 0.15) is 6.92 Å². The first-order valence-electron chi connectivity index (χ1n) is 3.92. The largest absolute Gasteiger partial charge is 0.471 e. The summed E-state index contributed by atoms with van der Waals surface area (Å²) in [6, 6.07) is 8.28. The molecular formula is C9H11N2O2. The van der Waals surface area contributed by atoms with Gasteiger partial charge in [-0.1, -0.05) is 18.2 Å². The monoisotopic (exact) mass is 179 g/mol. The van der Waals surface area contributed by atoms with E-state index in [-0.39, 0.29) is 0 Å². The summed E-state index contributed by atoms with van der Waals surface area (Å²) >= 11 is 0. The highest BCUT2D eigenvalue weighted by Gasteiger charge is 2.04. The zero-order valence-electron chi connectivity index (χ0n) is 7.28. The van der Waals surface area contributed by atoms with Gasteiger partial charge in [-0.05, 0) is 19.1 Å². The Morgan fingerprint density at radius 1 is 1.46 bits per heavy atom. The number of hydrogen-bond donors (Lipinski definition) is 1. The van der Waals surface area contributed by atoms with Gasteiger partial charge in [-0.3, -0.25) is 0 Å². The van der Waals surface area contributed by atoms with Crippen molar-refractivity contribution in [1.29, 1.82) is 0 Å². The Morgan fingerprint density at radius 2 is 2.08 bits per heavy atom. The van der Waals surface area contributed by atoms with Gasteiger partial charge in [0.05, 0.1) is 0 Å². The minimum Gasteiger partial charge on any atom is -0.471 e. The Bertz CT molecular complexity index is 274. The molecule has 1 unspecified atom stereocenters. The third-order valence-electron chi connectivity index (χ3n) is 1.39. The molecule has 2 amide bonds. The Balaban J connectivity index is 2.45. The maximum absolute atomic E-state index is 10.3. The third-order valence-corrected chi connectivity index (χ3v) is 1.39. The number of carbonyl (C=O) groups excluding carboxylic acids is 1. The van der Waals surface area contributed by atoms with Crippen LogP contribution in [0, 0.1) is 0 Å². The van der Waals surface area contributed by atoms with Crippen LogP contribution in [0.15, 0.2) is 30.3 Å². The number of rotatable bonds is 3. The highest BCUT2D eigenvalue weighted by Crippen LogP contribution is 2.09. The average Bonchev–Trinajstić information content (AvgIpc) is 2.04. The quantitative estimate of drug-likeness (QED) is 0.713. The summed E-state index contributed by atoms with van der Waals surface area (Å²) in [5.41, 5.74) is 6.64. The van der Waals surface area contributed by atoms with Crippen LogP contribution in [-0.4, -0.2) is 12.3 Å². The summed E-state index contributed by atoms with van der Waals surface area (Å²) < 4.78 is 5.27. The lowest BCUT2D eigenvalue weighted by Gasteiger charge is -2.13. The lowest BCUT2D eigenvalue weighted by molar-refractivity contribution is 0.180. The molecule has 0 bridgehead atoms. The summed E-state index contributed by atoms with van der Waals surface area (Å²) in [6.45, 7) is 1.67. The number of ether oxygens (including phenoxy) is 1. The van der Waals surface area contributed by atoms with Gasteiger partial charge in [-0.25, -0.2) is 10.5 Å². The number of nitrogens with one attached hydrogen (secondary N) is 2. The number of para-hydroxylation sites is 1. The maximum Gasteiger partial charge on any atom is 0.336 e. The number of carbonyl (C=O) groups is 1. The zero-order chi connectivity index (χ0) is 9.68. The first-order chi connectivity index (χ1) is 6.18. The van der Waals surface area contributed by atoms with Gasteiger partial charge in [-0.15, -0.1) is 0 Å². The fraction of sp³-hybridized carbons (Fsp3) is 0.222. The van der Waals surface area contributed by atoms with Gasteiger partial charge in [0.25, 0.3) is 0 Å². The standard InChI is InChI=1S/C9H11N2O2/c1-7(11-9(10)12)13-8-5-3-2-4-6-8/h2-7,10H,1H3,(H,11,12). The van der Waals surface area contributed by atoms with Crippen molar-refractivity contribution in [3.05, 3.63) is 30.3 Å². The molecule has 2 N–H and O–H groups in total. The van der Waals surface area contributed by atoms with Crippen molar-refractivity contribution in [2.75, 3.05) is 0 Å². The van der Waals surface area contributed by atoms with Gasteiger partial charge < -0.3 is 10.1 Å². The lowest BCUT2D eigenvalue weighted by Crippen LogP contribution is -2.36. The van der Waals surface area contributed by atoms with Gasteiger partial charge >= 0.3 is 6.03 Å². The van der Waals surface area contributed by atoms with E-state index in [1.807, 2.05) is 18.2 Å². The molecule has 0 fully saturated rings. The van der Waals surface area contributed by atoms with Gasteiger partial charge in [0, 0.05) is 0 Å². The number of hydrogen-bond acceptors (Lipinski definition) is 2. The molecular weight excluding hydrogens is 168 g/mol. The summed E-state index contributed by atoms with van der Waals surface area (Å²) in [4.78, 5) is 10.3. The molecule has 0 aliphatic carbocycles. The molecule has 1 radical (unpaired) electrons. The van der Waals surface area contributed by atoms with E-state index in [4.69, 9.17) is 10.5 Å². The van der Waals surface area contributed by atoms with Crippen LogP contribution in [0.2, 0.25) is 0 Å². The number of amides is 2. The SMILES string of the molecule is CC(NC([NH])=O)Oc1ccccc1. The van der Waals surface area contributed by atoms with Crippen molar-refractivity contribution in [2.24, 2.45) is 0 Å². The predicted octanol–water partition coefficient (Wildman–Crippen LogP) is 1.40. The predicted molar refractivity (Wildman–Crippen MR) is 48.2 cm³/mol. The molecule has 0 aliphatic heterocycles. The van der Waals surface area contributed by atoms with Crippen molar-refractivity contribution in [1.82, 2.24) is 11.1 Å². The molecule has 4 nitrogen and oxygen atoms in total. The van der Waals surface area contributed by atoms with Crippen molar-refractivity contribution in [3.63, 3.8) is 0 Å². The molecule has 0 spiro atoms. The smallest absolute Gasteiger partial charge is 0.336 e. The van der Waals surface area contributed by atoms with Crippen LogP contribution in [-0.2, 0) is 0 Å². The van der Waals surface area contributed by atoms with Gasteiger partial charge in [0.2, 0.25) is 0 Å². The van der Waals surface area contributed by atoms with Crippen LogP contribution in [0.4, 0.5) is 4.79 Å². The van der Waals surface area contributed by atoms with Crippen LogP contribution in [0.25, 0.3) is 0 Å². The fourth-order valence-corrected chi connectivity index (χ4v) is 0.917. The van der Waals surface area contributed by atoms with E-state index in [9.17, 15) is 4.79 Å². The van der Waals surface area contributed by atoms with Gasteiger partial charge in [0.15, 0.2) is 6.23 Å². The summed E-state index contributed by atoms with van der Waals surface area (Å²) in [6.07, 6.45) is -0.479.